The first-order valence-corrected chi connectivity index (χ1v) is 7.24. The van der Waals surface area contributed by atoms with E-state index >= 15 is 0 Å². The molecule has 0 saturated heterocycles. The van der Waals surface area contributed by atoms with E-state index in [-0.39, 0.29) is 0 Å². The molecule has 1 heterocycles. The van der Waals surface area contributed by atoms with Crippen LogP contribution in [0.3, 0.4) is 0 Å². The SMILES string of the molecule is CCCN(Cc1cccc(NCC)n1)CC1CC1. The fourth-order valence-electron chi connectivity index (χ4n) is 2.29. The predicted octanol–water partition coefficient (Wildman–Crippen LogP) is 3.14. The summed E-state index contributed by atoms with van der Waals surface area (Å²) in [5.74, 6) is 1.95. The smallest absolute Gasteiger partial charge is 0.126 e. The van der Waals surface area contributed by atoms with Crippen LogP contribution in [0.2, 0.25) is 0 Å². The van der Waals surface area contributed by atoms with E-state index in [0.29, 0.717) is 0 Å². The number of aromatic nitrogens is 1. The summed E-state index contributed by atoms with van der Waals surface area (Å²) in [4.78, 5) is 7.21. The highest BCUT2D eigenvalue weighted by atomic mass is 15.1. The molecule has 1 saturated carbocycles. The van der Waals surface area contributed by atoms with Crippen molar-refractivity contribution in [1.82, 2.24) is 9.88 Å². The van der Waals surface area contributed by atoms with Crippen LogP contribution in [0, 0.1) is 5.92 Å². The maximum atomic E-state index is 4.66. The van der Waals surface area contributed by atoms with Crippen LogP contribution in [0.5, 0.6) is 0 Å². The summed E-state index contributed by atoms with van der Waals surface area (Å²) in [5, 5.41) is 3.28. The van der Waals surface area contributed by atoms with Gasteiger partial charge in [0, 0.05) is 19.6 Å². The molecule has 3 nitrogen and oxygen atoms in total. The molecule has 0 aromatic carbocycles. The van der Waals surface area contributed by atoms with Crippen molar-refractivity contribution in [3.63, 3.8) is 0 Å². The summed E-state index contributed by atoms with van der Waals surface area (Å²) < 4.78 is 0. The Kier molecular flexibility index (Phi) is 5.00. The molecule has 100 valence electrons. The van der Waals surface area contributed by atoms with E-state index < -0.39 is 0 Å². The third-order valence-electron chi connectivity index (χ3n) is 3.30. The van der Waals surface area contributed by atoms with Crippen LogP contribution >= 0.6 is 0 Å². The van der Waals surface area contributed by atoms with Gasteiger partial charge in [-0.2, -0.15) is 0 Å². The zero-order chi connectivity index (χ0) is 12.8. The van der Waals surface area contributed by atoms with Gasteiger partial charge in [-0.25, -0.2) is 4.98 Å². The first kappa shape index (κ1) is 13.3. The van der Waals surface area contributed by atoms with Crippen molar-refractivity contribution in [3.05, 3.63) is 23.9 Å². The minimum atomic E-state index is 0.928. The highest BCUT2D eigenvalue weighted by Gasteiger charge is 2.24. The molecule has 0 aliphatic heterocycles. The molecule has 0 atom stereocenters. The summed E-state index contributed by atoms with van der Waals surface area (Å²) in [6, 6.07) is 6.27. The fourth-order valence-corrected chi connectivity index (χ4v) is 2.29. The van der Waals surface area contributed by atoms with Gasteiger partial charge in [0.05, 0.1) is 5.69 Å². The second-order valence-corrected chi connectivity index (χ2v) is 5.22. The third-order valence-corrected chi connectivity index (χ3v) is 3.30. The van der Waals surface area contributed by atoms with Gasteiger partial charge in [-0.1, -0.05) is 13.0 Å². The molecule has 1 aromatic heterocycles. The molecule has 0 unspecified atom stereocenters. The number of nitrogens with zero attached hydrogens (tertiary/aromatic N) is 2. The van der Waals surface area contributed by atoms with Crippen molar-refractivity contribution in [2.24, 2.45) is 5.92 Å². The standard InChI is InChI=1S/C15H25N3/c1-3-10-18(11-13-8-9-13)12-14-6-5-7-15(17-14)16-4-2/h5-7,13H,3-4,8-12H2,1-2H3,(H,16,17). The highest BCUT2D eigenvalue weighted by Crippen LogP contribution is 2.30. The fraction of sp³-hybridized carbons (Fsp3) is 0.667. The maximum Gasteiger partial charge on any atom is 0.126 e. The molecule has 0 radical (unpaired) electrons. The van der Waals surface area contributed by atoms with E-state index in [0.717, 1.165) is 24.8 Å². The minimum Gasteiger partial charge on any atom is -0.370 e. The zero-order valence-corrected chi connectivity index (χ0v) is 11.7. The summed E-state index contributed by atoms with van der Waals surface area (Å²) >= 11 is 0. The van der Waals surface area contributed by atoms with Gasteiger partial charge >= 0.3 is 0 Å². The lowest BCUT2D eigenvalue weighted by molar-refractivity contribution is 0.252. The van der Waals surface area contributed by atoms with Crippen LogP contribution in [0.25, 0.3) is 0 Å². The largest absolute Gasteiger partial charge is 0.370 e. The third kappa shape index (κ3) is 4.30. The Morgan fingerprint density at radius 1 is 1.33 bits per heavy atom. The quantitative estimate of drug-likeness (QED) is 0.765. The van der Waals surface area contributed by atoms with Crippen LogP contribution in [0.15, 0.2) is 18.2 Å². The lowest BCUT2D eigenvalue weighted by Crippen LogP contribution is -2.27. The van der Waals surface area contributed by atoms with E-state index in [4.69, 9.17) is 0 Å². The first-order valence-electron chi connectivity index (χ1n) is 7.24. The van der Waals surface area contributed by atoms with Crippen molar-refractivity contribution >= 4 is 5.82 Å². The van der Waals surface area contributed by atoms with Crippen LogP contribution in [-0.4, -0.2) is 29.5 Å². The molecule has 1 aromatic rings. The summed E-state index contributed by atoms with van der Waals surface area (Å²) in [5.41, 5.74) is 1.18. The number of hydrogen-bond donors (Lipinski definition) is 1. The average Bonchev–Trinajstić information content (AvgIpc) is 3.14. The number of anilines is 1. The van der Waals surface area contributed by atoms with Crippen molar-refractivity contribution < 1.29 is 0 Å². The van der Waals surface area contributed by atoms with Crippen LogP contribution in [-0.2, 0) is 6.54 Å². The normalized spacial score (nSPS) is 15.1. The summed E-state index contributed by atoms with van der Waals surface area (Å²) in [7, 11) is 0. The molecule has 1 N–H and O–H groups in total. The topological polar surface area (TPSA) is 28.2 Å². The van der Waals surface area contributed by atoms with E-state index in [1.54, 1.807) is 0 Å². The maximum absolute atomic E-state index is 4.66. The summed E-state index contributed by atoms with van der Waals surface area (Å²) in [6.45, 7) is 8.71. The molecule has 2 rings (SSSR count). The minimum absolute atomic E-state index is 0.928. The van der Waals surface area contributed by atoms with Crippen molar-refractivity contribution in [3.8, 4) is 0 Å². The number of hydrogen-bond acceptors (Lipinski definition) is 3. The molecule has 1 fully saturated rings. The van der Waals surface area contributed by atoms with Gasteiger partial charge < -0.3 is 5.32 Å². The lowest BCUT2D eigenvalue weighted by Gasteiger charge is -2.21. The van der Waals surface area contributed by atoms with E-state index in [1.807, 2.05) is 6.07 Å². The Bertz CT molecular complexity index is 361. The zero-order valence-electron chi connectivity index (χ0n) is 11.7. The predicted molar refractivity (Wildman–Crippen MR) is 76.7 cm³/mol. The second kappa shape index (κ2) is 6.74. The van der Waals surface area contributed by atoms with Crippen LogP contribution < -0.4 is 5.32 Å². The van der Waals surface area contributed by atoms with E-state index in [2.05, 4.69) is 41.2 Å². The van der Waals surface area contributed by atoms with Crippen LogP contribution in [0.4, 0.5) is 5.82 Å². The Morgan fingerprint density at radius 2 is 2.17 bits per heavy atom. The van der Waals surface area contributed by atoms with E-state index in [9.17, 15) is 0 Å². The van der Waals surface area contributed by atoms with Gasteiger partial charge in [-0.15, -0.1) is 0 Å². The van der Waals surface area contributed by atoms with Gasteiger partial charge in [0.1, 0.15) is 5.82 Å². The van der Waals surface area contributed by atoms with Crippen molar-refractivity contribution in [2.45, 2.75) is 39.7 Å². The number of rotatable bonds is 8. The monoisotopic (exact) mass is 247 g/mol. The molecule has 18 heavy (non-hydrogen) atoms. The summed E-state index contributed by atoms with van der Waals surface area (Å²) in [6.07, 6.45) is 4.07. The molecule has 0 bridgehead atoms. The number of nitrogens with one attached hydrogen (secondary N) is 1. The van der Waals surface area contributed by atoms with Gasteiger partial charge in [0.25, 0.3) is 0 Å². The van der Waals surface area contributed by atoms with Gasteiger partial charge in [0.15, 0.2) is 0 Å². The molecule has 0 spiro atoms. The Hall–Kier alpha value is -1.09. The molecule has 1 aliphatic carbocycles. The van der Waals surface area contributed by atoms with Crippen molar-refractivity contribution in [2.75, 3.05) is 25.0 Å². The lowest BCUT2D eigenvalue weighted by atomic mass is 10.2. The van der Waals surface area contributed by atoms with Gasteiger partial charge in [-0.3, -0.25) is 4.90 Å². The Labute approximate surface area is 111 Å². The average molecular weight is 247 g/mol. The Morgan fingerprint density at radius 3 is 2.83 bits per heavy atom. The molecular formula is C15H25N3. The molecule has 1 aliphatic rings. The second-order valence-electron chi connectivity index (χ2n) is 5.22. The Balaban J connectivity index is 1.93. The highest BCUT2D eigenvalue weighted by molar-refractivity contribution is 5.34. The molecule has 0 amide bonds. The van der Waals surface area contributed by atoms with Gasteiger partial charge in [0.2, 0.25) is 0 Å². The van der Waals surface area contributed by atoms with Gasteiger partial charge in [-0.05, 0) is 50.8 Å². The van der Waals surface area contributed by atoms with Crippen molar-refractivity contribution in [1.29, 1.82) is 0 Å². The molecular weight excluding hydrogens is 222 g/mol. The van der Waals surface area contributed by atoms with E-state index in [1.165, 1.54) is 38.0 Å². The van der Waals surface area contributed by atoms with Crippen LogP contribution in [0.1, 0.15) is 38.8 Å². The molecule has 3 heteroatoms. The number of pyridine rings is 1. The first-order chi connectivity index (χ1) is 8.81.